The highest BCUT2D eigenvalue weighted by atomic mass is 16.7. The van der Waals surface area contributed by atoms with Crippen molar-refractivity contribution in [1.82, 2.24) is 4.98 Å². The Morgan fingerprint density at radius 3 is 2.38 bits per heavy atom. The fourth-order valence-electron chi connectivity index (χ4n) is 4.68. The van der Waals surface area contributed by atoms with Gasteiger partial charge in [0.25, 0.3) is 0 Å². The molecule has 8 nitrogen and oxygen atoms in total. The molecule has 2 N–H and O–H groups in total. The van der Waals surface area contributed by atoms with Crippen molar-refractivity contribution in [3.8, 4) is 5.75 Å². The number of rotatable bonds is 7. The number of carbonyl (C=O) groups excluding carboxylic acids is 3. The zero-order chi connectivity index (χ0) is 24.1. The van der Waals surface area contributed by atoms with Crippen LogP contribution < -0.4 is 10.5 Å². The van der Waals surface area contributed by atoms with Gasteiger partial charge < -0.3 is 19.9 Å². The number of carbonyl (C=O) groups is 3. The van der Waals surface area contributed by atoms with Crippen LogP contribution in [0.1, 0.15) is 36.9 Å². The zero-order valence-electron chi connectivity index (χ0n) is 18.9. The molecule has 0 spiro atoms. The minimum absolute atomic E-state index is 0.248. The molecule has 0 radical (unpaired) electrons. The summed E-state index contributed by atoms with van der Waals surface area (Å²) in [5.74, 6) is -1.73. The van der Waals surface area contributed by atoms with Crippen molar-refractivity contribution in [2.24, 2.45) is 11.7 Å². The van der Waals surface area contributed by atoms with Gasteiger partial charge in [-0.3, -0.25) is 4.79 Å². The highest BCUT2D eigenvalue weighted by Gasteiger charge is 2.55. The monoisotopic (exact) mass is 462 g/mol. The van der Waals surface area contributed by atoms with E-state index in [2.05, 4.69) is 9.72 Å². The van der Waals surface area contributed by atoms with Gasteiger partial charge in [-0.05, 0) is 48.6 Å². The Kier molecular flexibility index (Phi) is 6.77. The Labute approximate surface area is 197 Å². The summed E-state index contributed by atoms with van der Waals surface area (Å²) in [4.78, 5) is 42.1. The molecular formula is C26H26N2O6. The number of nitrogens with zero attached hydrogens (tertiary/aromatic N) is 1. The van der Waals surface area contributed by atoms with Crippen LogP contribution in [0.2, 0.25) is 0 Å². The summed E-state index contributed by atoms with van der Waals surface area (Å²) in [6.45, 7) is 0.248. The van der Waals surface area contributed by atoms with Gasteiger partial charge in [-0.25, -0.2) is 14.6 Å². The van der Waals surface area contributed by atoms with Crippen LogP contribution in [-0.2, 0) is 31.1 Å². The number of methoxy groups -OCH3 is 1. The van der Waals surface area contributed by atoms with Gasteiger partial charge in [0.2, 0.25) is 5.91 Å². The van der Waals surface area contributed by atoms with Gasteiger partial charge in [0.05, 0.1) is 18.3 Å². The molecule has 1 heterocycles. The second kappa shape index (κ2) is 9.91. The molecule has 1 saturated carbocycles. The van der Waals surface area contributed by atoms with Crippen LogP contribution >= 0.6 is 0 Å². The Morgan fingerprint density at radius 2 is 1.71 bits per heavy atom. The van der Waals surface area contributed by atoms with Crippen LogP contribution in [-0.4, -0.2) is 30.1 Å². The van der Waals surface area contributed by atoms with Crippen molar-refractivity contribution in [3.63, 3.8) is 0 Å². The van der Waals surface area contributed by atoms with Gasteiger partial charge in [-0.1, -0.05) is 49.2 Å². The van der Waals surface area contributed by atoms with Crippen molar-refractivity contribution < 1.29 is 28.6 Å². The largest absolute Gasteiger partial charge is 0.515 e. The number of hydrogen-bond acceptors (Lipinski definition) is 7. The quantitative estimate of drug-likeness (QED) is 0.416. The minimum atomic E-state index is -1.79. The molecule has 0 saturated heterocycles. The molecule has 1 atom stereocenters. The average molecular weight is 463 g/mol. The second-order valence-electron chi connectivity index (χ2n) is 8.31. The maximum atomic E-state index is 13.1. The Balaban J connectivity index is 1.58. The third kappa shape index (κ3) is 4.44. The van der Waals surface area contributed by atoms with E-state index in [1.165, 1.54) is 0 Å². The van der Waals surface area contributed by atoms with Crippen LogP contribution in [0, 0.1) is 5.92 Å². The first kappa shape index (κ1) is 23.2. The SMILES string of the molecule is COC(=O)OC(=O)C(C(N)=O)(c1ccc(OCc2ccc3ccccc3n2)cc1)C1CCCC1. The molecule has 2 aromatic carbocycles. The lowest BCUT2D eigenvalue weighted by atomic mass is 9.68. The predicted molar refractivity (Wildman–Crippen MR) is 124 cm³/mol. The topological polar surface area (TPSA) is 118 Å². The number of benzene rings is 2. The maximum Gasteiger partial charge on any atom is 0.515 e. The Bertz CT molecular complexity index is 1200. The summed E-state index contributed by atoms with van der Waals surface area (Å²) in [7, 11) is 1.09. The molecule has 34 heavy (non-hydrogen) atoms. The molecule has 1 aromatic heterocycles. The van der Waals surface area contributed by atoms with Gasteiger partial charge in [0, 0.05) is 5.39 Å². The molecule has 8 heteroatoms. The first-order valence-corrected chi connectivity index (χ1v) is 11.1. The van der Waals surface area contributed by atoms with E-state index in [-0.39, 0.29) is 12.5 Å². The number of pyridine rings is 1. The fraction of sp³-hybridized carbons (Fsp3) is 0.308. The molecule has 1 aliphatic rings. The molecule has 1 fully saturated rings. The van der Waals surface area contributed by atoms with Gasteiger partial charge >= 0.3 is 12.1 Å². The molecule has 176 valence electrons. The standard InChI is InChI=1S/C26H26N2O6/c1-32-25(31)34-24(30)26(23(27)29,18-7-3-4-8-18)19-11-14-21(15-12-19)33-16-20-13-10-17-6-2-5-9-22(17)28-20/h2,5-6,9-15,18H,3-4,7-8,16H2,1H3,(H2,27,29). The third-order valence-electron chi connectivity index (χ3n) is 6.37. The highest BCUT2D eigenvalue weighted by molar-refractivity contribution is 6.10. The van der Waals surface area contributed by atoms with Crippen molar-refractivity contribution >= 4 is 28.9 Å². The summed E-state index contributed by atoms with van der Waals surface area (Å²) in [6, 6.07) is 18.3. The normalized spacial score (nSPS) is 15.4. The number of fused-ring (bicyclic) bond motifs is 1. The number of nitrogens with two attached hydrogens (primary N) is 1. The van der Waals surface area contributed by atoms with Crippen molar-refractivity contribution in [2.45, 2.75) is 37.7 Å². The number of hydrogen-bond donors (Lipinski definition) is 1. The van der Waals surface area contributed by atoms with Crippen molar-refractivity contribution in [1.29, 1.82) is 0 Å². The fourth-order valence-corrected chi connectivity index (χ4v) is 4.68. The van der Waals surface area contributed by atoms with Crippen LogP contribution in [0.5, 0.6) is 5.75 Å². The van der Waals surface area contributed by atoms with Crippen LogP contribution in [0.3, 0.4) is 0 Å². The lowest BCUT2D eigenvalue weighted by Gasteiger charge is -2.33. The average Bonchev–Trinajstić information content (AvgIpc) is 3.38. The summed E-state index contributed by atoms with van der Waals surface area (Å²) in [6.07, 6.45) is 1.75. The minimum Gasteiger partial charge on any atom is -0.487 e. The Morgan fingerprint density at radius 1 is 1.00 bits per heavy atom. The second-order valence-corrected chi connectivity index (χ2v) is 8.31. The molecular weight excluding hydrogens is 436 g/mol. The molecule has 1 aliphatic carbocycles. The van der Waals surface area contributed by atoms with E-state index in [0.29, 0.717) is 24.2 Å². The summed E-state index contributed by atoms with van der Waals surface area (Å²) < 4.78 is 15.1. The van der Waals surface area contributed by atoms with Crippen molar-refractivity contribution in [2.75, 3.05) is 7.11 Å². The number of aromatic nitrogens is 1. The van der Waals surface area contributed by atoms with Crippen molar-refractivity contribution in [3.05, 3.63) is 71.9 Å². The van der Waals surface area contributed by atoms with E-state index in [4.69, 9.17) is 15.2 Å². The number of primary amides is 1. The smallest absolute Gasteiger partial charge is 0.487 e. The third-order valence-corrected chi connectivity index (χ3v) is 6.37. The first-order chi connectivity index (χ1) is 16.4. The highest BCUT2D eigenvalue weighted by Crippen LogP contribution is 2.44. The van der Waals surface area contributed by atoms with Crippen LogP contribution in [0.15, 0.2) is 60.7 Å². The van der Waals surface area contributed by atoms with Crippen LogP contribution in [0.25, 0.3) is 10.9 Å². The summed E-state index contributed by atoms with van der Waals surface area (Å²) >= 11 is 0. The van der Waals surface area contributed by atoms with E-state index in [1.807, 2.05) is 36.4 Å². The van der Waals surface area contributed by atoms with E-state index < -0.39 is 23.4 Å². The van der Waals surface area contributed by atoms with E-state index >= 15 is 0 Å². The molecule has 4 rings (SSSR count). The summed E-state index contributed by atoms with van der Waals surface area (Å²) in [5.41, 5.74) is 6.00. The molecule has 3 aromatic rings. The lowest BCUT2D eigenvalue weighted by Crippen LogP contribution is -2.54. The van der Waals surface area contributed by atoms with E-state index in [0.717, 1.165) is 36.5 Å². The maximum absolute atomic E-state index is 13.1. The predicted octanol–water partition coefficient (Wildman–Crippen LogP) is 4.04. The van der Waals surface area contributed by atoms with Gasteiger partial charge in [0.1, 0.15) is 12.4 Å². The number of esters is 1. The Hall–Kier alpha value is -3.94. The number of para-hydroxylation sites is 1. The van der Waals surface area contributed by atoms with Gasteiger partial charge in [-0.2, -0.15) is 0 Å². The number of amides is 1. The molecule has 0 aliphatic heterocycles. The van der Waals surface area contributed by atoms with E-state index in [9.17, 15) is 14.4 Å². The lowest BCUT2D eigenvalue weighted by molar-refractivity contribution is -0.153. The molecule has 1 unspecified atom stereocenters. The zero-order valence-corrected chi connectivity index (χ0v) is 18.9. The molecule has 1 amide bonds. The summed E-state index contributed by atoms with van der Waals surface area (Å²) in [5, 5.41) is 1.05. The van der Waals surface area contributed by atoms with E-state index in [1.54, 1.807) is 24.3 Å². The number of ether oxygens (including phenoxy) is 3. The van der Waals surface area contributed by atoms with Crippen LogP contribution in [0.4, 0.5) is 4.79 Å². The molecule has 0 bridgehead atoms. The first-order valence-electron chi connectivity index (χ1n) is 11.1. The van der Waals surface area contributed by atoms with Gasteiger partial charge in [0.15, 0.2) is 5.41 Å². The van der Waals surface area contributed by atoms with Gasteiger partial charge in [-0.15, -0.1) is 0 Å².